The molecule has 102 valence electrons. The summed E-state index contributed by atoms with van der Waals surface area (Å²) >= 11 is 0. The number of nitriles is 1. The van der Waals surface area contributed by atoms with Crippen LogP contribution in [0.3, 0.4) is 0 Å². The maximum atomic E-state index is 13.8. The molecule has 1 heterocycles. The molecule has 0 aromatic heterocycles. The van der Waals surface area contributed by atoms with Crippen LogP contribution in [0.5, 0.6) is 0 Å². The lowest BCUT2D eigenvalue weighted by molar-refractivity contribution is -0.114. The van der Waals surface area contributed by atoms with E-state index in [0.717, 1.165) is 0 Å². The predicted molar refractivity (Wildman–Crippen MR) is 73.1 cm³/mol. The van der Waals surface area contributed by atoms with Crippen molar-refractivity contribution in [1.82, 2.24) is 0 Å². The van der Waals surface area contributed by atoms with Crippen LogP contribution >= 0.6 is 0 Å². The zero-order valence-corrected chi connectivity index (χ0v) is 10.8. The smallest absolute Gasteiger partial charge is 0.299 e. The number of halogens is 1. The second kappa shape index (κ2) is 4.84. The molecule has 3 rings (SSSR count). The van der Waals surface area contributed by atoms with E-state index >= 15 is 0 Å². The van der Waals surface area contributed by atoms with Gasteiger partial charge in [0.25, 0.3) is 11.7 Å². The molecule has 0 spiro atoms. The first-order chi connectivity index (χ1) is 10.1. The van der Waals surface area contributed by atoms with Gasteiger partial charge in [-0.25, -0.2) is 4.39 Å². The Hall–Kier alpha value is -3.00. The number of Topliss-reactive ketones (excluding diaryl/α,β-unsaturated/α-hetero) is 1. The van der Waals surface area contributed by atoms with Crippen molar-refractivity contribution in [3.8, 4) is 6.07 Å². The first kappa shape index (κ1) is 13.0. The van der Waals surface area contributed by atoms with Gasteiger partial charge in [0.15, 0.2) is 0 Å². The largest absolute Gasteiger partial charge is 0.300 e. The lowest BCUT2D eigenvalue weighted by Crippen LogP contribution is -2.29. The van der Waals surface area contributed by atoms with Gasteiger partial charge in [-0.1, -0.05) is 12.1 Å². The van der Waals surface area contributed by atoms with Crippen LogP contribution in [0.2, 0.25) is 0 Å². The van der Waals surface area contributed by atoms with Gasteiger partial charge in [-0.2, -0.15) is 5.26 Å². The van der Waals surface area contributed by atoms with Crippen molar-refractivity contribution >= 4 is 17.4 Å². The van der Waals surface area contributed by atoms with E-state index in [1.807, 2.05) is 6.07 Å². The summed E-state index contributed by atoms with van der Waals surface area (Å²) in [6, 6.07) is 12.4. The average molecular weight is 280 g/mol. The van der Waals surface area contributed by atoms with Gasteiger partial charge in [0.1, 0.15) is 5.82 Å². The topological polar surface area (TPSA) is 61.2 Å². The average Bonchev–Trinajstić information content (AvgIpc) is 2.75. The number of amides is 1. The van der Waals surface area contributed by atoms with E-state index in [0.29, 0.717) is 16.8 Å². The Morgan fingerprint density at radius 1 is 1.14 bits per heavy atom. The fourth-order valence-electron chi connectivity index (χ4n) is 2.34. The van der Waals surface area contributed by atoms with Crippen molar-refractivity contribution < 1.29 is 14.0 Å². The molecule has 4 nitrogen and oxygen atoms in total. The molecular weight excluding hydrogens is 271 g/mol. The van der Waals surface area contributed by atoms with E-state index in [9.17, 15) is 14.0 Å². The lowest BCUT2D eigenvalue weighted by atomic mass is 10.1. The van der Waals surface area contributed by atoms with Crippen molar-refractivity contribution in [2.45, 2.75) is 6.54 Å². The maximum absolute atomic E-state index is 13.8. The molecule has 0 aliphatic carbocycles. The Morgan fingerprint density at radius 3 is 2.67 bits per heavy atom. The van der Waals surface area contributed by atoms with Gasteiger partial charge < -0.3 is 4.90 Å². The first-order valence-corrected chi connectivity index (χ1v) is 6.25. The lowest BCUT2D eigenvalue weighted by Gasteiger charge is -2.17. The molecule has 1 aliphatic rings. The molecule has 0 fully saturated rings. The fraction of sp³-hybridized carbons (Fsp3) is 0.0625. The molecule has 0 bridgehead atoms. The number of fused-ring (bicyclic) bond motifs is 1. The number of hydrogen-bond donors (Lipinski definition) is 0. The van der Waals surface area contributed by atoms with Gasteiger partial charge in [-0.05, 0) is 30.3 Å². The highest BCUT2D eigenvalue weighted by Crippen LogP contribution is 2.30. The van der Waals surface area contributed by atoms with Crippen LogP contribution in [-0.2, 0) is 11.3 Å². The van der Waals surface area contributed by atoms with Crippen LogP contribution in [0.15, 0.2) is 42.5 Å². The third-order valence-electron chi connectivity index (χ3n) is 3.38. The number of hydrogen-bond acceptors (Lipinski definition) is 3. The van der Waals surface area contributed by atoms with Crippen LogP contribution in [0, 0.1) is 17.1 Å². The van der Waals surface area contributed by atoms with Crippen molar-refractivity contribution in [3.63, 3.8) is 0 Å². The second-order valence-electron chi connectivity index (χ2n) is 4.66. The highest BCUT2D eigenvalue weighted by atomic mass is 19.1. The van der Waals surface area contributed by atoms with E-state index in [1.165, 1.54) is 23.1 Å². The van der Waals surface area contributed by atoms with Crippen LogP contribution in [0.1, 0.15) is 21.5 Å². The van der Waals surface area contributed by atoms with E-state index in [4.69, 9.17) is 5.26 Å². The van der Waals surface area contributed by atoms with Crippen LogP contribution in [-0.4, -0.2) is 11.7 Å². The number of carbonyl (C=O) groups excluding carboxylic acids is 2. The SMILES string of the molecule is N#Cc1ccc(F)c(CN2C(=O)C(=O)c3ccccc32)c1. The fourth-order valence-corrected chi connectivity index (χ4v) is 2.34. The molecule has 0 N–H and O–H groups in total. The zero-order chi connectivity index (χ0) is 15.0. The third-order valence-corrected chi connectivity index (χ3v) is 3.38. The zero-order valence-electron chi connectivity index (χ0n) is 10.8. The van der Waals surface area contributed by atoms with Gasteiger partial charge >= 0.3 is 0 Å². The molecule has 0 saturated heterocycles. The molecule has 0 atom stereocenters. The Labute approximate surface area is 120 Å². The van der Waals surface area contributed by atoms with Gasteiger partial charge in [0.2, 0.25) is 0 Å². The number of carbonyl (C=O) groups is 2. The minimum Gasteiger partial charge on any atom is -0.300 e. The predicted octanol–water partition coefficient (Wildman–Crippen LogP) is 2.43. The summed E-state index contributed by atoms with van der Waals surface area (Å²) in [7, 11) is 0. The summed E-state index contributed by atoms with van der Waals surface area (Å²) in [5.41, 5.74) is 1.29. The molecule has 1 aliphatic heterocycles. The van der Waals surface area contributed by atoms with Crippen molar-refractivity contribution in [3.05, 3.63) is 65.0 Å². The van der Waals surface area contributed by atoms with Crippen LogP contribution < -0.4 is 4.90 Å². The van der Waals surface area contributed by atoms with Crippen molar-refractivity contribution in [1.29, 1.82) is 5.26 Å². The second-order valence-corrected chi connectivity index (χ2v) is 4.66. The first-order valence-electron chi connectivity index (χ1n) is 6.25. The monoisotopic (exact) mass is 280 g/mol. The number of ketones is 1. The molecule has 0 radical (unpaired) electrons. The van der Waals surface area contributed by atoms with E-state index in [2.05, 4.69) is 0 Å². The molecule has 0 unspecified atom stereocenters. The summed E-state index contributed by atoms with van der Waals surface area (Å²) in [6.07, 6.45) is 0. The Bertz CT molecular complexity index is 808. The van der Waals surface area contributed by atoms with Gasteiger partial charge in [-0.3, -0.25) is 9.59 Å². The Balaban J connectivity index is 2.02. The third kappa shape index (κ3) is 2.07. The molecule has 21 heavy (non-hydrogen) atoms. The van der Waals surface area contributed by atoms with E-state index in [1.54, 1.807) is 24.3 Å². The van der Waals surface area contributed by atoms with E-state index in [-0.39, 0.29) is 12.1 Å². The highest BCUT2D eigenvalue weighted by molar-refractivity contribution is 6.52. The summed E-state index contributed by atoms with van der Waals surface area (Å²) in [5.74, 6) is -1.79. The normalized spacial score (nSPS) is 13.2. The van der Waals surface area contributed by atoms with Gasteiger partial charge in [0, 0.05) is 5.56 Å². The maximum Gasteiger partial charge on any atom is 0.299 e. The van der Waals surface area contributed by atoms with Gasteiger partial charge in [0.05, 0.1) is 29.4 Å². The molecular formula is C16H9FN2O2. The molecule has 0 saturated carbocycles. The minimum atomic E-state index is -0.682. The summed E-state index contributed by atoms with van der Waals surface area (Å²) in [6.45, 7) is -0.0804. The van der Waals surface area contributed by atoms with Crippen molar-refractivity contribution in [2.24, 2.45) is 0 Å². The van der Waals surface area contributed by atoms with Crippen molar-refractivity contribution in [2.75, 3.05) is 4.90 Å². The summed E-state index contributed by atoms with van der Waals surface area (Å²) in [5, 5.41) is 8.86. The number of nitrogens with zero attached hydrogens (tertiary/aromatic N) is 2. The standard InChI is InChI=1S/C16H9FN2O2/c17-13-6-5-10(8-18)7-11(13)9-19-14-4-2-1-3-12(14)15(20)16(19)21/h1-7H,9H2. The Kier molecular flexibility index (Phi) is 2.99. The molecule has 1 amide bonds. The van der Waals surface area contributed by atoms with Gasteiger partial charge in [-0.15, -0.1) is 0 Å². The number of anilines is 1. The Morgan fingerprint density at radius 2 is 1.90 bits per heavy atom. The quantitative estimate of drug-likeness (QED) is 0.794. The minimum absolute atomic E-state index is 0.0804. The highest BCUT2D eigenvalue weighted by Gasteiger charge is 2.35. The molecule has 2 aromatic carbocycles. The summed E-state index contributed by atoms with van der Waals surface area (Å²) in [4.78, 5) is 25.1. The van der Waals surface area contributed by atoms with Crippen LogP contribution in [0.25, 0.3) is 0 Å². The number of rotatable bonds is 2. The summed E-state index contributed by atoms with van der Waals surface area (Å²) < 4.78 is 13.8. The molecule has 5 heteroatoms. The number of benzene rings is 2. The number of para-hydroxylation sites is 1. The molecule has 2 aromatic rings. The van der Waals surface area contributed by atoms with E-state index < -0.39 is 17.5 Å². The van der Waals surface area contributed by atoms with Crippen LogP contribution in [0.4, 0.5) is 10.1 Å².